The summed E-state index contributed by atoms with van der Waals surface area (Å²) in [6.07, 6.45) is 3.41. The first kappa shape index (κ1) is 15.5. The van der Waals surface area contributed by atoms with Crippen LogP contribution in [0.4, 0.5) is 10.3 Å². The SMILES string of the molecule is Cc1nc(N[C@@H](C)CO)ncc1-n1c2ccc(F)cc2c2[nH]ncc21. The van der Waals surface area contributed by atoms with Gasteiger partial charge in [0.15, 0.2) is 0 Å². The monoisotopic (exact) mass is 340 g/mol. The lowest BCUT2D eigenvalue weighted by atomic mass is 10.2. The highest BCUT2D eigenvalue weighted by Gasteiger charge is 2.17. The zero-order valence-electron chi connectivity index (χ0n) is 13.8. The molecule has 1 aromatic carbocycles. The zero-order valence-corrected chi connectivity index (χ0v) is 13.8. The van der Waals surface area contributed by atoms with E-state index in [1.807, 2.05) is 18.4 Å². The zero-order chi connectivity index (χ0) is 17.6. The van der Waals surface area contributed by atoms with Gasteiger partial charge < -0.3 is 15.0 Å². The third-order valence-corrected chi connectivity index (χ3v) is 4.17. The van der Waals surface area contributed by atoms with Crippen LogP contribution < -0.4 is 5.32 Å². The van der Waals surface area contributed by atoms with Crippen molar-refractivity contribution < 1.29 is 9.50 Å². The summed E-state index contributed by atoms with van der Waals surface area (Å²) in [6, 6.07) is 4.51. The third-order valence-electron chi connectivity index (χ3n) is 4.17. The van der Waals surface area contributed by atoms with Crippen molar-refractivity contribution in [1.29, 1.82) is 0 Å². The molecule has 0 saturated carbocycles. The van der Waals surface area contributed by atoms with E-state index < -0.39 is 0 Å². The molecule has 7 nitrogen and oxygen atoms in total. The third kappa shape index (κ3) is 2.51. The number of H-pyrrole nitrogens is 1. The number of aliphatic hydroxyl groups is 1. The molecule has 0 bridgehead atoms. The van der Waals surface area contributed by atoms with Crippen molar-refractivity contribution in [2.45, 2.75) is 19.9 Å². The second-order valence-corrected chi connectivity index (χ2v) is 6.02. The molecule has 0 spiro atoms. The highest BCUT2D eigenvalue weighted by molar-refractivity contribution is 6.06. The Morgan fingerprint density at radius 2 is 2.16 bits per heavy atom. The molecule has 0 unspecified atom stereocenters. The number of aromatic amines is 1. The van der Waals surface area contributed by atoms with Gasteiger partial charge in [0.05, 0.1) is 46.9 Å². The molecule has 0 fully saturated rings. The van der Waals surface area contributed by atoms with Crippen LogP contribution in [0.5, 0.6) is 0 Å². The quantitative estimate of drug-likeness (QED) is 0.531. The number of nitrogens with one attached hydrogen (secondary N) is 2. The summed E-state index contributed by atoms with van der Waals surface area (Å²) in [6.45, 7) is 3.72. The van der Waals surface area contributed by atoms with Crippen LogP contribution in [-0.2, 0) is 0 Å². The standard InChI is InChI=1S/C17H17FN6O/c1-9(8-25)21-17-19-6-14(10(2)22-17)24-13-4-3-11(18)5-12(13)16-15(24)7-20-23-16/h3-7,9,25H,8H2,1-2H3,(H,20,23)(H,19,21,22)/t9-/m0/s1. The Kier molecular flexibility index (Phi) is 3.61. The summed E-state index contributed by atoms with van der Waals surface area (Å²) in [4.78, 5) is 8.81. The van der Waals surface area contributed by atoms with E-state index in [4.69, 9.17) is 5.11 Å². The molecule has 0 aliphatic heterocycles. The molecule has 8 heteroatoms. The van der Waals surface area contributed by atoms with Gasteiger partial charge in [-0.3, -0.25) is 5.10 Å². The average Bonchev–Trinajstić information content (AvgIpc) is 3.16. The van der Waals surface area contributed by atoms with Crippen LogP contribution >= 0.6 is 0 Å². The molecule has 0 aliphatic carbocycles. The Labute approximate surface area is 142 Å². The van der Waals surface area contributed by atoms with Gasteiger partial charge in [0.2, 0.25) is 5.95 Å². The van der Waals surface area contributed by atoms with Crippen molar-refractivity contribution in [2.24, 2.45) is 0 Å². The van der Waals surface area contributed by atoms with Crippen LogP contribution in [0, 0.1) is 12.7 Å². The number of aliphatic hydroxyl groups excluding tert-OH is 1. The first-order valence-electron chi connectivity index (χ1n) is 7.93. The number of nitrogens with zero attached hydrogens (tertiary/aromatic N) is 4. The van der Waals surface area contributed by atoms with Crippen molar-refractivity contribution in [2.75, 3.05) is 11.9 Å². The summed E-state index contributed by atoms with van der Waals surface area (Å²) in [7, 11) is 0. The van der Waals surface area contributed by atoms with Crippen molar-refractivity contribution >= 4 is 27.9 Å². The lowest BCUT2D eigenvalue weighted by Gasteiger charge is -2.13. The highest BCUT2D eigenvalue weighted by Crippen LogP contribution is 2.31. The number of rotatable bonds is 4. The summed E-state index contributed by atoms with van der Waals surface area (Å²) >= 11 is 0. The van der Waals surface area contributed by atoms with Crippen LogP contribution in [0.3, 0.4) is 0 Å². The van der Waals surface area contributed by atoms with Gasteiger partial charge in [0.1, 0.15) is 5.82 Å². The average molecular weight is 340 g/mol. The number of fused-ring (bicyclic) bond motifs is 3. The van der Waals surface area contributed by atoms with Crippen LogP contribution in [0.2, 0.25) is 0 Å². The van der Waals surface area contributed by atoms with E-state index in [1.54, 1.807) is 18.5 Å². The minimum absolute atomic E-state index is 0.00635. The fourth-order valence-corrected chi connectivity index (χ4v) is 2.96. The number of benzene rings is 1. The largest absolute Gasteiger partial charge is 0.394 e. The Balaban J connectivity index is 1.90. The van der Waals surface area contributed by atoms with Gasteiger partial charge in [-0.1, -0.05) is 0 Å². The Hall–Kier alpha value is -3.00. The van der Waals surface area contributed by atoms with E-state index in [0.717, 1.165) is 33.3 Å². The maximum absolute atomic E-state index is 13.7. The maximum atomic E-state index is 13.7. The molecular formula is C17H17FN6O. The predicted molar refractivity (Wildman–Crippen MR) is 93.4 cm³/mol. The van der Waals surface area contributed by atoms with Gasteiger partial charge in [-0.05, 0) is 32.0 Å². The predicted octanol–water partition coefficient (Wildman–Crippen LogP) is 2.54. The fourth-order valence-electron chi connectivity index (χ4n) is 2.96. The van der Waals surface area contributed by atoms with Gasteiger partial charge in [-0.15, -0.1) is 0 Å². The Bertz CT molecular complexity index is 1070. The molecule has 25 heavy (non-hydrogen) atoms. The molecule has 4 rings (SSSR count). The van der Waals surface area contributed by atoms with E-state index in [2.05, 4.69) is 25.5 Å². The number of anilines is 1. The molecule has 1 atom stereocenters. The number of hydrogen-bond acceptors (Lipinski definition) is 5. The molecule has 3 N–H and O–H groups in total. The summed E-state index contributed by atoms with van der Waals surface area (Å²) in [5.41, 5.74) is 3.99. The second kappa shape index (κ2) is 5.82. The van der Waals surface area contributed by atoms with E-state index >= 15 is 0 Å². The second-order valence-electron chi connectivity index (χ2n) is 6.02. The van der Waals surface area contributed by atoms with Crippen LogP contribution in [0.1, 0.15) is 12.6 Å². The topological polar surface area (TPSA) is 91.7 Å². The summed E-state index contributed by atoms with van der Waals surface area (Å²) in [5.74, 6) is 0.153. The lowest BCUT2D eigenvalue weighted by molar-refractivity contribution is 0.281. The highest BCUT2D eigenvalue weighted by atomic mass is 19.1. The molecule has 3 aromatic heterocycles. The van der Waals surface area contributed by atoms with E-state index in [0.29, 0.717) is 5.95 Å². The van der Waals surface area contributed by atoms with Crippen LogP contribution in [0.25, 0.3) is 27.6 Å². The van der Waals surface area contributed by atoms with Crippen molar-refractivity contribution in [1.82, 2.24) is 24.7 Å². The smallest absolute Gasteiger partial charge is 0.223 e. The van der Waals surface area contributed by atoms with E-state index in [9.17, 15) is 4.39 Å². The van der Waals surface area contributed by atoms with E-state index in [-0.39, 0.29) is 18.5 Å². The summed E-state index contributed by atoms with van der Waals surface area (Å²) in [5, 5.41) is 19.9. The Morgan fingerprint density at radius 1 is 1.32 bits per heavy atom. The summed E-state index contributed by atoms with van der Waals surface area (Å²) < 4.78 is 15.6. The van der Waals surface area contributed by atoms with Crippen LogP contribution in [-0.4, -0.2) is 42.5 Å². The van der Waals surface area contributed by atoms with Crippen molar-refractivity contribution in [3.63, 3.8) is 0 Å². The molecule has 0 amide bonds. The molecular weight excluding hydrogens is 323 g/mol. The van der Waals surface area contributed by atoms with Crippen LogP contribution in [0.15, 0.2) is 30.6 Å². The van der Waals surface area contributed by atoms with Gasteiger partial charge >= 0.3 is 0 Å². The fraction of sp³-hybridized carbons (Fsp3) is 0.235. The number of hydrogen-bond donors (Lipinski definition) is 3. The molecule has 3 heterocycles. The van der Waals surface area contributed by atoms with Gasteiger partial charge in [-0.25, -0.2) is 14.4 Å². The van der Waals surface area contributed by atoms with E-state index in [1.165, 1.54) is 12.1 Å². The minimum atomic E-state index is -0.299. The molecule has 0 radical (unpaired) electrons. The first-order chi connectivity index (χ1) is 12.1. The molecule has 0 aliphatic rings. The van der Waals surface area contributed by atoms with Crippen molar-refractivity contribution in [3.05, 3.63) is 42.1 Å². The van der Waals surface area contributed by atoms with Gasteiger partial charge in [-0.2, -0.15) is 5.10 Å². The maximum Gasteiger partial charge on any atom is 0.223 e. The molecule has 128 valence electrons. The normalized spacial score (nSPS) is 12.8. The molecule has 4 aromatic rings. The Morgan fingerprint density at radius 3 is 2.92 bits per heavy atom. The lowest BCUT2D eigenvalue weighted by Crippen LogP contribution is -2.21. The van der Waals surface area contributed by atoms with Gasteiger partial charge in [0, 0.05) is 11.4 Å². The number of aromatic nitrogens is 5. The first-order valence-corrected chi connectivity index (χ1v) is 7.93. The van der Waals surface area contributed by atoms with Crippen molar-refractivity contribution in [3.8, 4) is 5.69 Å². The van der Waals surface area contributed by atoms with Gasteiger partial charge in [0.25, 0.3) is 0 Å². The number of halogens is 1. The molecule has 0 saturated heterocycles. The number of aryl methyl sites for hydroxylation is 1. The minimum Gasteiger partial charge on any atom is -0.394 e.